The molecule has 0 N–H and O–H groups in total. The lowest BCUT2D eigenvalue weighted by Gasteiger charge is -2.36. The molecule has 0 spiro atoms. The van der Waals surface area contributed by atoms with E-state index < -0.39 is 0 Å². The third kappa shape index (κ3) is 8.96. The average Bonchev–Trinajstić information content (AvgIpc) is 3.38. The summed E-state index contributed by atoms with van der Waals surface area (Å²) in [5.74, 6) is 1.08. The quantitative estimate of drug-likeness (QED) is 0.115. The predicted octanol–water partition coefficient (Wildman–Crippen LogP) is 16.6. The van der Waals surface area contributed by atoms with E-state index in [1.165, 1.54) is 39.9 Å². The molecule has 0 radical (unpaired) electrons. The molecule has 0 aromatic heterocycles. The minimum Gasteiger partial charge on any atom is -0.315 e. The fourth-order valence-corrected chi connectivity index (χ4v) is 9.78. The van der Waals surface area contributed by atoms with Crippen LogP contribution in [0.25, 0.3) is 0 Å². The van der Waals surface area contributed by atoms with Crippen molar-refractivity contribution in [1.29, 1.82) is 0 Å². The lowest BCUT2D eigenvalue weighted by molar-refractivity contribution is 0.357. The Morgan fingerprint density at radius 2 is 0.859 bits per heavy atom. The lowest BCUT2D eigenvalue weighted by Crippen LogP contribution is -2.25. The van der Waals surface area contributed by atoms with E-state index in [9.17, 15) is 0 Å². The SMILES string of the molecule is C1=CCCC(N(C2=CCCC=C2)c2ccc(N(C3=CCC(C4C=CC(N(c5ccccc5)c5ccc(N(c6ccccc6)c6ccccc6)cc5)=CC4)CC3)c3ccccc3)cc2)=C1. The van der Waals surface area contributed by atoms with E-state index in [1.54, 1.807) is 0 Å². The van der Waals surface area contributed by atoms with E-state index in [0.717, 1.165) is 79.8 Å². The van der Waals surface area contributed by atoms with E-state index in [1.807, 2.05) is 0 Å². The maximum atomic E-state index is 2.53. The minimum absolute atomic E-state index is 0.495. The van der Waals surface area contributed by atoms with Crippen LogP contribution < -0.4 is 19.6 Å². The van der Waals surface area contributed by atoms with Gasteiger partial charge in [-0.3, -0.25) is 0 Å². The molecule has 6 aromatic rings. The zero-order chi connectivity index (χ0) is 42.9. The Balaban J connectivity index is 0.870. The lowest BCUT2D eigenvalue weighted by atomic mass is 9.78. The van der Waals surface area contributed by atoms with Gasteiger partial charge >= 0.3 is 0 Å². The highest BCUT2D eigenvalue weighted by Gasteiger charge is 2.28. The Morgan fingerprint density at radius 3 is 1.34 bits per heavy atom. The van der Waals surface area contributed by atoms with Gasteiger partial charge in [-0.15, -0.1) is 0 Å². The molecular weight excluding hydrogens is 777 g/mol. The molecule has 0 saturated heterocycles. The fraction of sp³-hybridized carbons (Fsp3) is 0.167. The second-order valence-electron chi connectivity index (χ2n) is 17.1. The first-order valence-electron chi connectivity index (χ1n) is 23.2. The Kier molecular flexibility index (Phi) is 12.3. The van der Waals surface area contributed by atoms with Crippen molar-refractivity contribution in [2.45, 2.75) is 51.4 Å². The molecule has 4 heteroatoms. The summed E-state index contributed by atoms with van der Waals surface area (Å²) in [6.45, 7) is 0. The summed E-state index contributed by atoms with van der Waals surface area (Å²) in [4.78, 5) is 9.66. The van der Waals surface area contributed by atoms with Crippen LogP contribution in [-0.2, 0) is 0 Å². The number of nitrogens with zero attached hydrogens (tertiary/aromatic N) is 4. The van der Waals surface area contributed by atoms with Crippen LogP contribution in [0.5, 0.6) is 0 Å². The number of allylic oxidation sites excluding steroid dienone is 12. The molecule has 64 heavy (non-hydrogen) atoms. The van der Waals surface area contributed by atoms with Crippen LogP contribution >= 0.6 is 0 Å². The van der Waals surface area contributed by atoms with Gasteiger partial charge in [0, 0.05) is 68.3 Å². The van der Waals surface area contributed by atoms with Gasteiger partial charge in [0.15, 0.2) is 0 Å². The van der Waals surface area contributed by atoms with Crippen molar-refractivity contribution in [3.8, 4) is 0 Å². The van der Waals surface area contributed by atoms with Gasteiger partial charge in [-0.25, -0.2) is 0 Å². The standard InChI is InChI=1S/C60H56N4/c1-7-19-49(20-8-1)61(50-21-9-2-10-22-50)57-39-43-59(44-40-57)63(53-27-15-5-16-28-53)55-35-31-47(32-36-55)48-33-37-56(38-34-48)64(54-29-17-6-18-30-54)60-45-41-58(42-46-60)62(51-23-11-3-12-24-51)52-25-13-4-14-26-52/h1-3,5-11,13,15-23,25-31,35-37,39-48H,4,12,14,24,32-34,38H2. The van der Waals surface area contributed by atoms with E-state index in [4.69, 9.17) is 0 Å². The van der Waals surface area contributed by atoms with Gasteiger partial charge in [0.05, 0.1) is 0 Å². The average molecular weight is 833 g/mol. The van der Waals surface area contributed by atoms with Crippen LogP contribution in [0.2, 0.25) is 0 Å². The smallest absolute Gasteiger partial charge is 0.0463 e. The molecule has 0 heterocycles. The van der Waals surface area contributed by atoms with Crippen molar-refractivity contribution in [3.63, 3.8) is 0 Å². The Labute approximate surface area is 380 Å². The summed E-state index contributed by atoms with van der Waals surface area (Å²) < 4.78 is 0. The Hall–Kier alpha value is -7.30. The zero-order valence-electron chi connectivity index (χ0n) is 36.5. The first kappa shape index (κ1) is 40.8. The van der Waals surface area contributed by atoms with Crippen LogP contribution in [0.1, 0.15) is 51.4 Å². The van der Waals surface area contributed by atoms with Crippen LogP contribution in [0.15, 0.2) is 253 Å². The summed E-state index contributed by atoms with van der Waals surface area (Å²) in [6, 6.07) is 61.2. The van der Waals surface area contributed by atoms with Crippen LogP contribution in [0, 0.1) is 11.8 Å². The topological polar surface area (TPSA) is 13.0 Å². The van der Waals surface area contributed by atoms with E-state index in [0.29, 0.717) is 11.8 Å². The molecule has 2 atom stereocenters. The van der Waals surface area contributed by atoms with Gasteiger partial charge in [-0.1, -0.05) is 115 Å². The highest BCUT2D eigenvalue weighted by molar-refractivity contribution is 5.79. The maximum absolute atomic E-state index is 2.53. The van der Waals surface area contributed by atoms with Gasteiger partial charge in [0.1, 0.15) is 0 Å². The number of hydrogen-bond acceptors (Lipinski definition) is 4. The van der Waals surface area contributed by atoms with Gasteiger partial charge in [-0.05, 0) is 178 Å². The van der Waals surface area contributed by atoms with Crippen LogP contribution in [-0.4, -0.2) is 0 Å². The summed E-state index contributed by atoms with van der Waals surface area (Å²) in [5, 5.41) is 0. The molecule has 0 bridgehead atoms. The van der Waals surface area contributed by atoms with Crippen LogP contribution in [0.3, 0.4) is 0 Å². The molecule has 6 aromatic carbocycles. The van der Waals surface area contributed by atoms with Crippen molar-refractivity contribution >= 4 is 45.5 Å². The highest BCUT2D eigenvalue weighted by atomic mass is 15.2. The van der Waals surface area contributed by atoms with Crippen molar-refractivity contribution in [2.24, 2.45) is 11.8 Å². The van der Waals surface area contributed by atoms with Gasteiger partial charge in [0.25, 0.3) is 0 Å². The summed E-state index contributed by atoms with van der Waals surface area (Å²) in [7, 11) is 0. The van der Waals surface area contributed by atoms with Crippen LogP contribution in [0.4, 0.5) is 45.5 Å². The largest absolute Gasteiger partial charge is 0.315 e. The van der Waals surface area contributed by atoms with Crippen molar-refractivity contribution in [2.75, 3.05) is 19.6 Å². The second-order valence-corrected chi connectivity index (χ2v) is 17.1. The van der Waals surface area contributed by atoms with Gasteiger partial charge < -0.3 is 19.6 Å². The third-order valence-electron chi connectivity index (χ3n) is 13.0. The molecule has 0 aliphatic heterocycles. The molecule has 4 nitrogen and oxygen atoms in total. The number of anilines is 8. The van der Waals surface area contributed by atoms with E-state index >= 15 is 0 Å². The predicted molar refractivity (Wildman–Crippen MR) is 271 cm³/mol. The van der Waals surface area contributed by atoms with E-state index in [2.05, 4.69) is 250 Å². The molecule has 10 rings (SSSR count). The Morgan fingerprint density at radius 1 is 0.359 bits per heavy atom. The summed E-state index contributed by atoms with van der Waals surface area (Å²) >= 11 is 0. The number of hydrogen-bond donors (Lipinski definition) is 0. The fourth-order valence-electron chi connectivity index (χ4n) is 9.78. The zero-order valence-corrected chi connectivity index (χ0v) is 36.5. The minimum atomic E-state index is 0.495. The monoisotopic (exact) mass is 832 g/mol. The normalized spacial score (nSPS) is 18.0. The molecule has 0 saturated carbocycles. The molecular formula is C60H56N4. The number of benzene rings is 6. The first-order valence-corrected chi connectivity index (χ1v) is 23.2. The van der Waals surface area contributed by atoms with Gasteiger partial charge in [0.2, 0.25) is 0 Å². The third-order valence-corrected chi connectivity index (χ3v) is 13.0. The molecule has 0 fully saturated rings. The van der Waals surface area contributed by atoms with Crippen molar-refractivity contribution in [1.82, 2.24) is 0 Å². The molecule has 2 unspecified atom stereocenters. The maximum Gasteiger partial charge on any atom is 0.0463 e. The summed E-state index contributed by atoms with van der Waals surface area (Å²) in [6.07, 6.45) is 32.2. The van der Waals surface area contributed by atoms with E-state index in [-0.39, 0.29) is 0 Å². The Bertz CT molecular complexity index is 2670. The number of para-hydroxylation sites is 4. The molecule has 316 valence electrons. The second kappa shape index (κ2) is 19.4. The van der Waals surface area contributed by atoms with Gasteiger partial charge in [-0.2, -0.15) is 0 Å². The van der Waals surface area contributed by atoms with Crippen molar-refractivity contribution in [3.05, 3.63) is 253 Å². The number of rotatable bonds is 13. The first-order chi connectivity index (χ1) is 31.8. The van der Waals surface area contributed by atoms with Crippen molar-refractivity contribution < 1.29 is 0 Å². The molecule has 4 aliphatic carbocycles. The summed E-state index contributed by atoms with van der Waals surface area (Å²) in [5.41, 5.74) is 14.6. The highest BCUT2D eigenvalue weighted by Crippen LogP contribution is 2.43. The molecule has 4 aliphatic rings. The molecule has 0 amide bonds.